The van der Waals surface area contributed by atoms with Crippen LogP contribution >= 0.6 is 11.3 Å². The van der Waals surface area contributed by atoms with E-state index in [0.717, 1.165) is 24.1 Å². The lowest BCUT2D eigenvalue weighted by molar-refractivity contribution is 0.0678. The van der Waals surface area contributed by atoms with Crippen molar-refractivity contribution >= 4 is 23.2 Å². The standard InChI is InChI=1S/C20H25N3O4S/c1-3-14-4-5-18(28-14)19(25)22-11-13-6-8-23(9-7-13)20(26)15-10-16(24)17(27-2)12-21-15/h4-5,10,12-13H,3,6-9,11H2,1-2H3,(H,21,24)(H,22,25). The van der Waals surface area contributed by atoms with E-state index in [-0.39, 0.29) is 28.7 Å². The summed E-state index contributed by atoms with van der Waals surface area (Å²) < 4.78 is 4.92. The first-order valence-corrected chi connectivity index (χ1v) is 10.3. The summed E-state index contributed by atoms with van der Waals surface area (Å²) in [4.78, 5) is 43.2. The molecule has 0 spiro atoms. The zero-order valence-electron chi connectivity index (χ0n) is 16.1. The first kappa shape index (κ1) is 20.1. The number of ether oxygens (including phenoxy) is 1. The summed E-state index contributed by atoms with van der Waals surface area (Å²) in [6.45, 7) is 3.89. The Balaban J connectivity index is 1.48. The number of carbonyl (C=O) groups excluding carboxylic acids is 2. The number of nitrogens with zero attached hydrogens (tertiary/aromatic N) is 1. The molecule has 3 heterocycles. The molecule has 7 nitrogen and oxygen atoms in total. The second-order valence-corrected chi connectivity index (χ2v) is 8.01. The lowest BCUT2D eigenvalue weighted by atomic mass is 9.96. The SMILES string of the molecule is CCc1ccc(C(=O)NCC2CCN(C(=O)c3cc(=O)c(OC)c[nH]3)CC2)s1. The van der Waals surface area contributed by atoms with Crippen molar-refractivity contribution in [3.8, 4) is 5.75 Å². The molecule has 1 fully saturated rings. The van der Waals surface area contributed by atoms with Crippen LogP contribution in [0.1, 0.15) is 44.8 Å². The van der Waals surface area contributed by atoms with Crippen LogP contribution in [0.3, 0.4) is 0 Å². The lowest BCUT2D eigenvalue weighted by Crippen LogP contribution is -2.42. The number of likely N-dealkylation sites (tertiary alicyclic amines) is 1. The maximum atomic E-state index is 12.6. The summed E-state index contributed by atoms with van der Waals surface area (Å²) in [5.41, 5.74) is -0.0519. The van der Waals surface area contributed by atoms with Crippen molar-refractivity contribution in [2.75, 3.05) is 26.7 Å². The zero-order chi connectivity index (χ0) is 20.1. The van der Waals surface area contributed by atoms with Gasteiger partial charge in [-0.3, -0.25) is 14.4 Å². The van der Waals surface area contributed by atoms with Crippen LogP contribution in [0.25, 0.3) is 0 Å². The Morgan fingerprint density at radius 3 is 2.68 bits per heavy atom. The second kappa shape index (κ2) is 9.05. The molecule has 0 saturated carbocycles. The van der Waals surface area contributed by atoms with Crippen molar-refractivity contribution in [1.29, 1.82) is 0 Å². The molecule has 0 aromatic carbocycles. The van der Waals surface area contributed by atoms with E-state index in [9.17, 15) is 14.4 Å². The van der Waals surface area contributed by atoms with E-state index in [1.807, 2.05) is 12.1 Å². The predicted octanol–water partition coefficient (Wildman–Crippen LogP) is 2.29. The molecule has 3 rings (SSSR count). The summed E-state index contributed by atoms with van der Waals surface area (Å²) in [5.74, 6) is 0.309. The van der Waals surface area contributed by atoms with Gasteiger partial charge >= 0.3 is 0 Å². The molecule has 2 amide bonds. The number of thiophene rings is 1. The number of hydrogen-bond acceptors (Lipinski definition) is 5. The van der Waals surface area contributed by atoms with Gasteiger partial charge in [-0.25, -0.2) is 0 Å². The molecule has 0 atom stereocenters. The highest BCUT2D eigenvalue weighted by atomic mass is 32.1. The van der Waals surface area contributed by atoms with Crippen LogP contribution in [0.5, 0.6) is 5.75 Å². The van der Waals surface area contributed by atoms with Gasteiger partial charge in [0.1, 0.15) is 5.69 Å². The number of aryl methyl sites for hydroxylation is 1. The van der Waals surface area contributed by atoms with Gasteiger partial charge in [0.25, 0.3) is 11.8 Å². The molecule has 2 N–H and O–H groups in total. The Morgan fingerprint density at radius 2 is 2.07 bits per heavy atom. The van der Waals surface area contributed by atoms with Crippen molar-refractivity contribution in [2.24, 2.45) is 5.92 Å². The Kier molecular flexibility index (Phi) is 6.51. The number of nitrogens with one attached hydrogen (secondary N) is 2. The van der Waals surface area contributed by atoms with E-state index in [1.165, 1.54) is 35.6 Å². The van der Waals surface area contributed by atoms with Crippen LogP contribution in [-0.4, -0.2) is 48.4 Å². The topological polar surface area (TPSA) is 91.5 Å². The first-order chi connectivity index (χ1) is 13.5. The molecule has 2 aromatic heterocycles. The molecule has 8 heteroatoms. The van der Waals surface area contributed by atoms with E-state index >= 15 is 0 Å². The normalized spacial score (nSPS) is 14.7. The lowest BCUT2D eigenvalue weighted by Gasteiger charge is -2.32. The minimum atomic E-state index is -0.318. The smallest absolute Gasteiger partial charge is 0.270 e. The third-order valence-corrected chi connectivity index (χ3v) is 6.24. The largest absolute Gasteiger partial charge is 0.491 e. The summed E-state index contributed by atoms with van der Waals surface area (Å²) >= 11 is 1.53. The molecule has 1 aliphatic heterocycles. The second-order valence-electron chi connectivity index (χ2n) is 6.84. The molecule has 2 aromatic rings. The van der Waals surface area contributed by atoms with Gasteiger partial charge in [-0.15, -0.1) is 11.3 Å². The monoisotopic (exact) mass is 403 g/mol. The van der Waals surface area contributed by atoms with Gasteiger partial charge in [0.2, 0.25) is 5.43 Å². The van der Waals surface area contributed by atoms with Crippen LogP contribution in [0.15, 0.2) is 29.2 Å². The number of hydrogen-bond donors (Lipinski definition) is 2. The van der Waals surface area contributed by atoms with Gasteiger partial charge < -0.3 is 19.9 Å². The van der Waals surface area contributed by atoms with Crippen molar-refractivity contribution in [1.82, 2.24) is 15.2 Å². The van der Waals surface area contributed by atoms with Crippen molar-refractivity contribution in [3.63, 3.8) is 0 Å². The highest BCUT2D eigenvalue weighted by Gasteiger charge is 2.25. The third kappa shape index (κ3) is 4.62. The van der Waals surface area contributed by atoms with Gasteiger partial charge in [0.05, 0.1) is 12.0 Å². The predicted molar refractivity (Wildman–Crippen MR) is 108 cm³/mol. The van der Waals surface area contributed by atoms with Crippen molar-refractivity contribution in [2.45, 2.75) is 26.2 Å². The Morgan fingerprint density at radius 1 is 1.32 bits per heavy atom. The number of H-pyrrole nitrogens is 1. The third-order valence-electron chi connectivity index (χ3n) is 5.01. The maximum absolute atomic E-state index is 12.6. The number of rotatable bonds is 6. The van der Waals surface area contributed by atoms with Crippen LogP contribution in [0.4, 0.5) is 0 Å². The number of pyridine rings is 1. The fourth-order valence-corrected chi connectivity index (χ4v) is 4.13. The Bertz CT molecular complexity index is 897. The highest BCUT2D eigenvalue weighted by Crippen LogP contribution is 2.20. The van der Waals surface area contributed by atoms with Gasteiger partial charge in [-0.05, 0) is 37.3 Å². The summed E-state index contributed by atoms with van der Waals surface area (Å²) in [6.07, 6.45) is 3.98. The van der Waals surface area contributed by atoms with Gasteiger partial charge in [-0.2, -0.15) is 0 Å². The number of aromatic nitrogens is 1. The summed E-state index contributed by atoms with van der Waals surface area (Å²) in [6, 6.07) is 5.14. The quantitative estimate of drug-likeness (QED) is 0.774. The van der Waals surface area contributed by atoms with Gasteiger partial charge in [0, 0.05) is 36.8 Å². The van der Waals surface area contributed by atoms with E-state index < -0.39 is 0 Å². The Hall–Kier alpha value is -2.61. The van der Waals surface area contributed by atoms with Crippen molar-refractivity contribution < 1.29 is 14.3 Å². The molecule has 0 bridgehead atoms. The van der Waals surface area contributed by atoms with Crippen LogP contribution < -0.4 is 15.5 Å². The molecular formula is C20H25N3O4S. The van der Waals surface area contributed by atoms with Gasteiger partial charge in [0.15, 0.2) is 5.75 Å². The minimum Gasteiger partial charge on any atom is -0.491 e. The number of carbonyl (C=O) groups is 2. The first-order valence-electron chi connectivity index (χ1n) is 9.44. The summed E-state index contributed by atoms with van der Waals surface area (Å²) in [7, 11) is 1.41. The van der Waals surface area contributed by atoms with E-state index in [2.05, 4.69) is 17.2 Å². The van der Waals surface area contributed by atoms with Crippen LogP contribution in [0.2, 0.25) is 0 Å². The molecule has 1 saturated heterocycles. The molecule has 1 aliphatic rings. The van der Waals surface area contributed by atoms with E-state index in [1.54, 1.807) is 4.90 Å². The number of methoxy groups -OCH3 is 1. The highest BCUT2D eigenvalue weighted by molar-refractivity contribution is 7.14. The molecular weight excluding hydrogens is 378 g/mol. The molecule has 28 heavy (non-hydrogen) atoms. The van der Waals surface area contributed by atoms with Crippen molar-refractivity contribution in [3.05, 3.63) is 50.1 Å². The molecule has 0 unspecified atom stereocenters. The molecule has 0 radical (unpaired) electrons. The number of piperidine rings is 1. The van der Waals surface area contributed by atoms with Crippen LogP contribution in [-0.2, 0) is 6.42 Å². The van der Waals surface area contributed by atoms with E-state index in [0.29, 0.717) is 25.6 Å². The number of aromatic amines is 1. The summed E-state index contributed by atoms with van der Waals surface area (Å²) in [5, 5.41) is 3.01. The number of amides is 2. The van der Waals surface area contributed by atoms with Gasteiger partial charge in [-0.1, -0.05) is 6.92 Å². The fraction of sp³-hybridized carbons (Fsp3) is 0.450. The van der Waals surface area contributed by atoms with E-state index in [4.69, 9.17) is 4.74 Å². The maximum Gasteiger partial charge on any atom is 0.270 e. The average Bonchev–Trinajstić information content (AvgIpc) is 3.21. The molecule has 0 aliphatic carbocycles. The fourth-order valence-electron chi connectivity index (χ4n) is 3.27. The Labute approximate surface area is 167 Å². The average molecular weight is 404 g/mol. The molecule has 150 valence electrons. The zero-order valence-corrected chi connectivity index (χ0v) is 16.9. The van der Waals surface area contributed by atoms with Crippen LogP contribution in [0, 0.1) is 5.92 Å². The minimum absolute atomic E-state index is 0.0287.